The van der Waals surface area contributed by atoms with Crippen molar-refractivity contribution in [3.8, 4) is 16.9 Å². The lowest BCUT2D eigenvalue weighted by molar-refractivity contribution is -0.122. The van der Waals surface area contributed by atoms with Crippen molar-refractivity contribution in [2.45, 2.75) is 25.5 Å². The molecule has 8 heteroatoms. The molecule has 0 radical (unpaired) electrons. The number of rotatable bonds is 7. The minimum absolute atomic E-state index is 0.117. The average Bonchev–Trinajstić information content (AvgIpc) is 3.26. The number of hydrogen-bond donors (Lipinski definition) is 1. The standard InChI is InChI=1S/C30H29FN4O2S/c1-3-17-32-25(36)18-34-26(37)19-38-29(22-11-13-23(31)14-12-22)27-28(21-7-5-4-6-8-21)33-35(30(27)34)24-15-9-20(2)10-16-24/h4-16,29H,3,17-19H2,1-2H3,(H,32,36). The van der Waals surface area contributed by atoms with Gasteiger partial charge < -0.3 is 5.32 Å². The number of fused-ring (bicyclic) bond motifs is 1. The number of carbonyl (C=O) groups is 2. The molecular formula is C30H29FN4O2S. The number of amides is 2. The zero-order valence-corrected chi connectivity index (χ0v) is 22.2. The second-order valence-electron chi connectivity index (χ2n) is 9.27. The predicted molar refractivity (Wildman–Crippen MR) is 150 cm³/mol. The van der Waals surface area contributed by atoms with E-state index >= 15 is 0 Å². The number of halogens is 1. The molecule has 5 rings (SSSR count). The molecule has 1 aliphatic heterocycles. The number of carbonyl (C=O) groups excluding carboxylic acids is 2. The molecule has 1 atom stereocenters. The molecule has 1 unspecified atom stereocenters. The number of aryl methyl sites for hydroxylation is 1. The Kier molecular flexibility index (Phi) is 7.60. The third kappa shape index (κ3) is 5.22. The zero-order valence-electron chi connectivity index (χ0n) is 21.4. The van der Waals surface area contributed by atoms with Crippen molar-refractivity contribution in [3.63, 3.8) is 0 Å². The first-order valence-electron chi connectivity index (χ1n) is 12.7. The van der Waals surface area contributed by atoms with Crippen molar-refractivity contribution in [2.75, 3.05) is 23.7 Å². The summed E-state index contributed by atoms with van der Waals surface area (Å²) in [5.41, 5.74) is 5.18. The Morgan fingerprint density at radius 1 is 1.05 bits per heavy atom. The number of aromatic nitrogens is 2. The van der Waals surface area contributed by atoms with Crippen LogP contribution in [0.25, 0.3) is 16.9 Å². The number of anilines is 1. The van der Waals surface area contributed by atoms with E-state index < -0.39 is 0 Å². The fraction of sp³-hybridized carbons (Fsp3) is 0.233. The van der Waals surface area contributed by atoms with Gasteiger partial charge in [0.2, 0.25) is 11.8 Å². The summed E-state index contributed by atoms with van der Waals surface area (Å²) in [6.45, 7) is 4.41. The summed E-state index contributed by atoms with van der Waals surface area (Å²) >= 11 is 1.46. The molecule has 0 fully saturated rings. The van der Waals surface area contributed by atoms with Gasteiger partial charge in [-0.25, -0.2) is 9.07 Å². The molecule has 0 saturated heterocycles. The van der Waals surface area contributed by atoms with E-state index in [9.17, 15) is 14.0 Å². The van der Waals surface area contributed by atoms with Crippen molar-refractivity contribution in [3.05, 3.63) is 101 Å². The third-order valence-electron chi connectivity index (χ3n) is 6.46. The summed E-state index contributed by atoms with van der Waals surface area (Å²) in [6, 6.07) is 24.1. The molecule has 0 aliphatic carbocycles. The van der Waals surface area contributed by atoms with Gasteiger partial charge in [-0.15, -0.1) is 11.8 Å². The number of thioether (sulfide) groups is 1. The molecule has 0 saturated carbocycles. The molecule has 194 valence electrons. The molecule has 1 aliphatic rings. The molecule has 2 amide bonds. The molecule has 1 N–H and O–H groups in total. The molecule has 0 spiro atoms. The van der Waals surface area contributed by atoms with Gasteiger partial charge in [0, 0.05) is 17.7 Å². The fourth-order valence-corrected chi connectivity index (χ4v) is 5.76. The van der Waals surface area contributed by atoms with E-state index in [2.05, 4.69) is 5.32 Å². The Bertz CT molecular complexity index is 1440. The molecule has 38 heavy (non-hydrogen) atoms. The first-order chi connectivity index (χ1) is 18.5. The van der Waals surface area contributed by atoms with E-state index in [0.29, 0.717) is 12.4 Å². The quantitative estimate of drug-likeness (QED) is 0.335. The van der Waals surface area contributed by atoms with Gasteiger partial charge in [0.05, 0.1) is 22.4 Å². The first kappa shape index (κ1) is 25.7. The van der Waals surface area contributed by atoms with Crippen LogP contribution in [0.1, 0.15) is 35.3 Å². The lowest BCUT2D eigenvalue weighted by Crippen LogP contribution is -2.42. The van der Waals surface area contributed by atoms with Crippen molar-refractivity contribution < 1.29 is 14.0 Å². The van der Waals surface area contributed by atoms with Gasteiger partial charge in [-0.1, -0.05) is 67.1 Å². The maximum absolute atomic E-state index is 13.9. The molecular weight excluding hydrogens is 499 g/mol. The van der Waals surface area contributed by atoms with Gasteiger partial charge in [-0.05, 0) is 43.2 Å². The predicted octanol–water partition coefficient (Wildman–Crippen LogP) is 5.68. The Morgan fingerprint density at radius 2 is 1.76 bits per heavy atom. The normalized spacial score (nSPS) is 15.2. The van der Waals surface area contributed by atoms with Gasteiger partial charge in [0.1, 0.15) is 18.2 Å². The molecule has 1 aromatic heterocycles. The second kappa shape index (κ2) is 11.2. The van der Waals surface area contributed by atoms with Crippen LogP contribution < -0.4 is 10.2 Å². The van der Waals surface area contributed by atoms with E-state index in [-0.39, 0.29) is 35.2 Å². The molecule has 2 heterocycles. The van der Waals surface area contributed by atoms with E-state index in [1.807, 2.05) is 68.4 Å². The third-order valence-corrected chi connectivity index (χ3v) is 7.72. The van der Waals surface area contributed by atoms with Crippen LogP contribution in [0.4, 0.5) is 10.2 Å². The lowest BCUT2D eigenvalue weighted by Gasteiger charge is -2.23. The largest absolute Gasteiger partial charge is 0.355 e. The number of hydrogen-bond acceptors (Lipinski definition) is 4. The average molecular weight is 529 g/mol. The highest BCUT2D eigenvalue weighted by Crippen LogP contribution is 2.48. The smallest absolute Gasteiger partial charge is 0.240 e. The Hall–Kier alpha value is -3.91. The minimum atomic E-state index is -0.323. The zero-order chi connectivity index (χ0) is 26.6. The van der Waals surface area contributed by atoms with Crippen LogP contribution in [0.2, 0.25) is 0 Å². The van der Waals surface area contributed by atoms with Gasteiger partial charge >= 0.3 is 0 Å². The van der Waals surface area contributed by atoms with Crippen LogP contribution in [-0.2, 0) is 9.59 Å². The Labute approximate surface area is 225 Å². The monoisotopic (exact) mass is 528 g/mol. The minimum Gasteiger partial charge on any atom is -0.355 e. The number of benzene rings is 3. The first-order valence-corrected chi connectivity index (χ1v) is 13.7. The highest BCUT2D eigenvalue weighted by atomic mass is 32.2. The molecule has 6 nitrogen and oxygen atoms in total. The van der Waals surface area contributed by atoms with Crippen LogP contribution in [-0.4, -0.2) is 40.4 Å². The summed E-state index contributed by atoms with van der Waals surface area (Å²) < 4.78 is 15.6. The van der Waals surface area contributed by atoms with E-state index in [4.69, 9.17) is 5.10 Å². The molecule has 3 aromatic carbocycles. The Balaban J connectivity index is 1.77. The van der Waals surface area contributed by atoms with Gasteiger partial charge in [0.25, 0.3) is 0 Å². The van der Waals surface area contributed by atoms with Gasteiger partial charge in [-0.3, -0.25) is 14.5 Å². The maximum atomic E-state index is 13.9. The van der Waals surface area contributed by atoms with Crippen LogP contribution in [0.5, 0.6) is 0 Å². The van der Waals surface area contributed by atoms with E-state index in [1.165, 1.54) is 23.9 Å². The van der Waals surface area contributed by atoms with Gasteiger partial charge in [0.15, 0.2) is 0 Å². The Morgan fingerprint density at radius 3 is 2.45 bits per heavy atom. The van der Waals surface area contributed by atoms with Crippen LogP contribution in [0, 0.1) is 12.7 Å². The van der Waals surface area contributed by atoms with Crippen LogP contribution in [0.15, 0.2) is 78.9 Å². The molecule has 4 aromatic rings. The highest BCUT2D eigenvalue weighted by Gasteiger charge is 2.37. The summed E-state index contributed by atoms with van der Waals surface area (Å²) in [5, 5.41) is 7.65. The SMILES string of the molecule is CCCNC(=O)CN1C(=O)CSC(c2ccc(F)cc2)c2c(-c3ccccc3)nn(-c3ccc(C)cc3)c21. The number of nitrogens with one attached hydrogen (secondary N) is 1. The summed E-state index contributed by atoms with van der Waals surface area (Å²) in [6.07, 6.45) is 0.798. The van der Waals surface area contributed by atoms with Crippen molar-refractivity contribution in [1.82, 2.24) is 15.1 Å². The van der Waals surface area contributed by atoms with Crippen molar-refractivity contribution in [2.24, 2.45) is 0 Å². The summed E-state index contributed by atoms with van der Waals surface area (Å²) in [7, 11) is 0. The van der Waals surface area contributed by atoms with E-state index in [1.54, 1.807) is 21.7 Å². The van der Waals surface area contributed by atoms with E-state index in [0.717, 1.165) is 40.1 Å². The summed E-state index contributed by atoms with van der Waals surface area (Å²) in [4.78, 5) is 28.1. The van der Waals surface area contributed by atoms with Gasteiger partial charge in [-0.2, -0.15) is 5.10 Å². The summed E-state index contributed by atoms with van der Waals surface area (Å²) in [5.74, 6) is -0.00482. The van der Waals surface area contributed by atoms with Crippen LogP contribution >= 0.6 is 11.8 Å². The topological polar surface area (TPSA) is 67.2 Å². The maximum Gasteiger partial charge on any atom is 0.240 e. The highest BCUT2D eigenvalue weighted by molar-refractivity contribution is 8.00. The lowest BCUT2D eigenvalue weighted by atomic mass is 9.99. The van der Waals surface area contributed by atoms with Crippen LogP contribution in [0.3, 0.4) is 0 Å². The second-order valence-corrected chi connectivity index (χ2v) is 10.4. The molecule has 0 bridgehead atoms. The number of nitrogens with zero attached hydrogens (tertiary/aromatic N) is 3. The fourth-order valence-electron chi connectivity index (χ4n) is 4.56. The van der Waals surface area contributed by atoms with Crippen molar-refractivity contribution >= 4 is 29.4 Å². The van der Waals surface area contributed by atoms with Crippen molar-refractivity contribution in [1.29, 1.82) is 0 Å².